The largest absolute Gasteiger partial charge is 0.352 e. The summed E-state index contributed by atoms with van der Waals surface area (Å²) in [7, 11) is -4.18. The van der Waals surface area contributed by atoms with E-state index in [9.17, 15) is 27.3 Å². The van der Waals surface area contributed by atoms with E-state index in [1.54, 1.807) is 23.2 Å². The van der Waals surface area contributed by atoms with Gasteiger partial charge < -0.3 is 9.80 Å². The van der Waals surface area contributed by atoms with E-state index in [1.807, 2.05) is 4.90 Å². The number of rotatable bonds is 4. The normalized spacial score (nSPS) is 18.2. The number of halogens is 2. The van der Waals surface area contributed by atoms with Gasteiger partial charge in [-0.25, -0.2) is 22.2 Å². The molecule has 0 spiro atoms. The number of hydrogen-bond donors (Lipinski definition) is 0. The van der Waals surface area contributed by atoms with Gasteiger partial charge in [-0.3, -0.25) is 4.79 Å². The minimum absolute atomic E-state index is 0.0369. The van der Waals surface area contributed by atoms with Gasteiger partial charge in [0.1, 0.15) is 28.4 Å². The third-order valence-electron chi connectivity index (χ3n) is 6.11. The fraction of sp³-hybridized carbons (Fsp3) is 0.409. The van der Waals surface area contributed by atoms with Gasteiger partial charge in [0.25, 0.3) is 0 Å². The van der Waals surface area contributed by atoms with Crippen LogP contribution in [0.5, 0.6) is 0 Å². The van der Waals surface area contributed by atoms with Gasteiger partial charge in [0.2, 0.25) is 15.9 Å². The predicted molar refractivity (Wildman–Crippen MR) is 116 cm³/mol. The number of sulfonamides is 1. The average molecular weight is 476 g/mol. The van der Waals surface area contributed by atoms with E-state index in [1.165, 1.54) is 0 Å². The molecule has 0 radical (unpaired) electrons. The van der Waals surface area contributed by atoms with Crippen LogP contribution in [0.25, 0.3) is 0 Å². The summed E-state index contributed by atoms with van der Waals surface area (Å²) in [4.78, 5) is 20.3. The van der Waals surface area contributed by atoms with Gasteiger partial charge in [-0.2, -0.15) is 9.57 Å². The van der Waals surface area contributed by atoms with Gasteiger partial charge in [0.15, 0.2) is 0 Å². The summed E-state index contributed by atoms with van der Waals surface area (Å²) in [6.45, 7) is 2.18. The van der Waals surface area contributed by atoms with Crippen molar-refractivity contribution in [2.45, 2.75) is 17.7 Å². The van der Waals surface area contributed by atoms with E-state index in [-0.39, 0.29) is 24.9 Å². The average Bonchev–Trinajstić information content (AvgIpc) is 2.85. The molecule has 11 heteroatoms. The number of carbonyl (C=O) groups excluding carboxylic acids is 1. The topological polar surface area (TPSA) is 97.6 Å². The summed E-state index contributed by atoms with van der Waals surface area (Å²) in [5, 5.41) is 9.27. The summed E-state index contributed by atoms with van der Waals surface area (Å²) in [5.41, 5.74) is 0.487. The molecule has 2 fully saturated rings. The van der Waals surface area contributed by atoms with Crippen LogP contribution >= 0.6 is 0 Å². The molecule has 2 aliphatic heterocycles. The van der Waals surface area contributed by atoms with E-state index in [4.69, 9.17) is 0 Å². The van der Waals surface area contributed by atoms with E-state index < -0.39 is 26.6 Å². The van der Waals surface area contributed by atoms with Crippen molar-refractivity contribution in [3.8, 4) is 6.07 Å². The summed E-state index contributed by atoms with van der Waals surface area (Å²) in [6, 6.07) is 7.89. The molecular formula is C22H23F2N5O3S. The van der Waals surface area contributed by atoms with Crippen LogP contribution in [0.3, 0.4) is 0 Å². The van der Waals surface area contributed by atoms with Crippen LogP contribution in [0, 0.1) is 28.9 Å². The Morgan fingerprint density at radius 1 is 1.06 bits per heavy atom. The van der Waals surface area contributed by atoms with Gasteiger partial charge in [-0.15, -0.1) is 0 Å². The maximum Gasteiger partial charge on any atom is 0.246 e. The standard InChI is InChI=1S/C22H23F2N5O3S/c23-18-3-4-19(24)20(14-18)33(31,32)29-8-5-16(6-9-29)22(30)28-12-10-27(11-13-28)21-17(15-25)2-1-7-26-21/h1-4,7,14,16H,5-6,8-13H2. The number of carbonyl (C=O) groups is 1. The number of piperazine rings is 1. The first-order chi connectivity index (χ1) is 15.8. The van der Waals surface area contributed by atoms with Gasteiger partial charge in [0.05, 0.1) is 5.56 Å². The molecular weight excluding hydrogens is 452 g/mol. The maximum atomic E-state index is 14.0. The summed E-state index contributed by atoms with van der Waals surface area (Å²) >= 11 is 0. The minimum Gasteiger partial charge on any atom is -0.352 e. The Morgan fingerprint density at radius 3 is 2.42 bits per heavy atom. The number of anilines is 1. The molecule has 1 amide bonds. The summed E-state index contributed by atoms with van der Waals surface area (Å²) < 4.78 is 54.1. The molecule has 33 heavy (non-hydrogen) atoms. The Balaban J connectivity index is 1.35. The van der Waals surface area contributed by atoms with Crippen molar-refractivity contribution in [2.24, 2.45) is 5.92 Å². The van der Waals surface area contributed by atoms with Crippen LogP contribution < -0.4 is 4.90 Å². The number of nitriles is 1. The maximum absolute atomic E-state index is 14.0. The molecule has 0 aliphatic carbocycles. The molecule has 174 valence electrons. The Kier molecular flexibility index (Phi) is 6.58. The molecule has 2 aliphatic rings. The second-order valence-electron chi connectivity index (χ2n) is 8.05. The monoisotopic (exact) mass is 475 g/mol. The summed E-state index contributed by atoms with van der Waals surface area (Å²) in [5.74, 6) is -1.59. The lowest BCUT2D eigenvalue weighted by atomic mass is 9.96. The molecule has 3 heterocycles. The lowest BCUT2D eigenvalue weighted by molar-refractivity contribution is -0.137. The zero-order chi connectivity index (χ0) is 23.6. The highest BCUT2D eigenvalue weighted by atomic mass is 32.2. The predicted octanol–water partition coefficient (Wildman–Crippen LogP) is 1.98. The van der Waals surface area contributed by atoms with Crippen LogP contribution in [-0.2, 0) is 14.8 Å². The Labute approximate surface area is 191 Å². The number of pyridine rings is 1. The van der Waals surface area contributed by atoms with Gasteiger partial charge in [-0.05, 0) is 43.2 Å². The molecule has 1 aromatic heterocycles. The highest BCUT2D eigenvalue weighted by Crippen LogP contribution is 2.27. The van der Waals surface area contributed by atoms with Crippen LogP contribution in [-0.4, -0.2) is 67.8 Å². The third-order valence-corrected chi connectivity index (χ3v) is 8.03. The van der Waals surface area contributed by atoms with E-state index in [2.05, 4.69) is 11.1 Å². The van der Waals surface area contributed by atoms with E-state index in [0.29, 0.717) is 56.5 Å². The second kappa shape index (κ2) is 9.41. The lowest BCUT2D eigenvalue weighted by Crippen LogP contribution is -2.52. The molecule has 0 bridgehead atoms. The zero-order valence-electron chi connectivity index (χ0n) is 17.8. The van der Waals surface area contributed by atoms with Crippen LogP contribution in [0.2, 0.25) is 0 Å². The number of piperidine rings is 1. The molecule has 2 saturated heterocycles. The highest BCUT2D eigenvalue weighted by Gasteiger charge is 2.36. The third kappa shape index (κ3) is 4.67. The first-order valence-electron chi connectivity index (χ1n) is 10.7. The van der Waals surface area contributed by atoms with Crippen molar-refractivity contribution in [3.63, 3.8) is 0 Å². The van der Waals surface area contributed by atoms with Crippen molar-refractivity contribution in [2.75, 3.05) is 44.2 Å². The molecule has 0 unspecified atom stereocenters. The molecule has 0 saturated carbocycles. The van der Waals surface area contributed by atoms with Crippen LogP contribution in [0.1, 0.15) is 18.4 Å². The molecule has 0 N–H and O–H groups in total. The first kappa shape index (κ1) is 23.1. The van der Waals surface area contributed by atoms with Crippen molar-refractivity contribution in [1.29, 1.82) is 5.26 Å². The molecule has 0 atom stereocenters. The number of aromatic nitrogens is 1. The molecule has 1 aromatic carbocycles. The fourth-order valence-electron chi connectivity index (χ4n) is 4.29. The van der Waals surface area contributed by atoms with Gasteiger partial charge >= 0.3 is 0 Å². The summed E-state index contributed by atoms with van der Waals surface area (Å²) in [6.07, 6.45) is 2.26. The lowest BCUT2D eigenvalue weighted by Gasteiger charge is -2.38. The Morgan fingerprint density at radius 2 is 1.76 bits per heavy atom. The van der Waals surface area contributed by atoms with Crippen molar-refractivity contribution < 1.29 is 22.0 Å². The van der Waals surface area contributed by atoms with Gasteiger partial charge in [0, 0.05) is 51.4 Å². The van der Waals surface area contributed by atoms with E-state index in [0.717, 1.165) is 16.4 Å². The first-order valence-corrected chi connectivity index (χ1v) is 12.1. The number of hydrogen-bond acceptors (Lipinski definition) is 6. The van der Waals surface area contributed by atoms with E-state index >= 15 is 0 Å². The highest BCUT2D eigenvalue weighted by molar-refractivity contribution is 7.89. The molecule has 2 aromatic rings. The quantitative estimate of drug-likeness (QED) is 0.671. The van der Waals surface area contributed by atoms with Crippen LogP contribution in [0.4, 0.5) is 14.6 Å². The minimum atomic E-state index is -4.18. The number of benzene rings is 1. The van der Waals surface area contributed by atoms with Crippen molar-refractivity contribution in [3.05, 3.63) is 53.7 Å². The molecule has 4 rings (SSSR count). The molecule has 8 nitrogen and oxygen atoms in total. The van der Waals surface area contributed by atoms with Crippen molar-refractivity contribution >= 4 is 21.7 Å². The fourth-order valence-corrected chi connectivity index (χ4v) is 5.84. The van der Waals surface area contributed by atoms with Crippen LogP contribution in [0.15, 0.2) is 41.4 Å². The number of amides is 1. The van der Waals surface area contributed by atoms with Gasteiger partial charge in [-0.1, -0.05) is 0 Å². The number of nitrogens with zero attached hydrogens (tertiary/aromatic N) is 5. The SMILES string of the molecule is N#Cc1cccnc1N1CCN(C(=O)C2CCN(S(=O)(=O)c3cc(F)ccc3F)CC2)CC1. The zero-order valence-corrected chi connectivity index (χ0v) is 18.6. The Hall–Kier alpha value is -3.10. The Bertz CT molecular complexity index is 1180. The second-order valence-corrected chi connectivity index (χ2v) is 9.96. The smallest absolute Gasteiger partial charge is 0.246 e. The van der Waals surface area contributed by atoms with Crippen molar-refractivity contribution in [1.82, 2.24) is 14.2 Å².